The van der Waals surface area contributed by atoms with Crippen molar-refractivity contribution in [3.05, 3.63) is 36.0 Å². The van der Waals surface area contributed by atoms with Crippen LogP contribution >= 0.6 is 0 Å². The predicted octanol–water partition coefficient (Wildman–Crippen LogP) is 2.09. The van der Waals surface area contributed by atoms with E-state index >= 15 is 0 Å². The lowest BCUT2D eigenvalue weighted by atomic mass is 10.0. The summed E-state index contributed by atoms with van der Waals surface area (Å²) in [6, 6.07) is 6.74. The van der Waals surface area contributed by atoms with E-state index in [2.05, 4.69) is 10.3 Å². The molecule has 8 heteroatoms. The third-order valence-electron chi connectivity index (χ3n) is 5.46. The third-order valence-corrected chi connectivity index (χ3v) is 5.46. The lowest BCUT2D eigenvalue weighted by Gasteiger charge is -2.26. The number of benzene rings is 1. The monoisotopic (exact) mass is 415 g/mol. The Bertz CT molecular complexity index is 894. The Hall–Kier alpha value is -2.87. The number of H-pyrrole nitrogens is 1. The van der Waals surface area contributed by atoms with Crippen molar-refractivity contribution in [3.63, 3.8) is 0 Å². The summed E-state index contributed by atoms with van der Waals surface area (Å²) in [7, 11) is 0. The second-order valence-electron chi connectivity index (χ2n) is 7.57. The summed E-state index contributed by atoms with van der Waals surface area (Å²) in [6.45, 7) is 2.10. The smallest absolute Gasteiger partial charge is 0.323 e. The zero-order valence-electron chi connectivity index (χ0n) is 17.2. The standard InChI is InChI=1S/C22H29N3O5/c1-2-30-22(29)19(11-10-15-13-23-17-8-4-3-7-16(15)17)24-18-9-5-6-12-25(21(18)28)14-20(26)27/h3-4,7-8,13,18-19,23-24H,2,5-6,9-12,14H2,1H3,(H,26,27)/t18?,19-/m0/s1. The first-order chi connectivity index (χ1) is 14.5. The van der Waals surface area contributed by atoms with Crippen LogP contribution < -0.4 is 5.32 Å². The zero-order valence-corrected chi connectivity index (χ0v) is 17.2. The summed E-state index contributed by atoms with van der Waals surface area (Å²) in [5.41, 5.74) is 2.14. The molecule has 1 aliphatic rings. The number of aromatic amines is 1. The van der Waals surface area contributed by atoms with Crippen LogP contribution in [0.15, 0.2) is 30.5 Å². The molecule has 0 bridgehead atoms. The van der Waals surface area contributed by atoms with Crippen molar-refractivity contribution in [1.29, 1.82) is 0 Å². The molecule has 1 saturated heterocycles. The van der Waals surface area contributed by atoms with Crippen LogP contribution in [0, 0.1) is 0 Å². The number of hydrogen-bond acceptors (Lipinski definition) is 5. The maximum Gasteiger partial charge on any atom is 0.323 e. The third kappa shape index (κ3) is 5.38. The number of carbonyl (C=O) groups is 3. The number of aliphatic carboxylic acids is 1. The first kappa shape index (κ1) is 21.8. The highest BCUT2D eigenvalue weighted by molar-refractivity contribution is 5.87. The molecule has 1 aliphatic heterocycles. The highest BCUT2D eigenvalue weighted by Crippen LogP contribution is 2.20. The molecule has 0 aliphatic carbocycles. The van der Waals surface area contributed by atoms with E-state index in [4.69, 9.17) is 9.84 Å². The number of amides is 1. The fourth-order valence-corrected chi connectivity index (χ4v) is 3.97. The van der Waals surface area contributed by atoms with E-state index in [0.717, 1.165) is 29.3 Å². The van der Waals surface area contributed by atoms with Crippen LogP contribution in [0.4, 0.5) is 0 Å². The maximum absolute atomic E-state index is 12.8. The quantitative estimate of drug-likeness (QED) is 0.541. The predicted molar refractivity (Wildman–Crippen MR) is 112 cm³/mol. The summed E-state index contributed by atoms with van der Waals surface area (Å²) in [4.78, 5) is 41.1. The largest absolute Gasteiger partial charge is 0.480 e. The van der Waals surface area contributed by atoms with Crippen molar-refractivity contribution in [3.8, 4) is 0 Å². The molecular formula is C22H29N3O5. The van der Waals surface area contributed by atoms with Crippen molar-refractivity contribution in [2.45, 2.75) is 51.1 Å². The Labute approximate surface area is 175 Å². The minimum absolute atomic E-state index is 0.258. The summed E-state index contributed by atoms with van der Waals surface area (Å²) in [5.74, 6) is -1.69. The molecule has 0 radical (unpaired) electrons. The number of aromatic nitrogens is 1. The van der Waals surface area contributed by atoms with Gasteiger partial charge in [-0.2, -0.15) is 0 Å². The number of aryl methyl sites for hydroxylation is 1. The first-order valence-corrected chi connectivity index (χ1v) is 10.5. The molecule has 2 atom stereocenters. The lowest BCUT2D eigenvalue weighted by Crippen LogP contribution is -2.52. The minimum atomic E-state index is -1.04. The molecule has 1 aromatic heterocycles. The molecule has 2 heterocycles. The number of para-hydroxylation sites is 1. The number of ether oxygens (including phenoxy) is 1. The van der Waals surface area contributed by atoms with Gasteiger partial charge in [-0.05, 0) is 50.7 Å². The first-order valence-electron chi connectivity index (χ1n) is 10.5. The summed E-state index contributed by atoms with van der Waals surface area (Å²) < 4.78 is 5.23. The average Bonchev–Trinajstić information content (AvgIpc) is 3.06. The Morgan fingerprint density at radius 3 is 2.90 bits per heavy atom. The zero-order chi connectivity index (χ0) is 21.5. The number of esters is 1. The number of hydrogen-bond donors (Lipinski definition) is 3. The lowest BCUT2D eigenvalue weighted by molar-refractivity contribution is -0.148. The summed E-state index contributed by atoms with van der Waals surface area (Å²) in [5, 5.41) is 13.4. The number of fused-ring (bicyclic) bond motifs is 1. The molecular weight excluding hydrogens is 386 g/mol. The molecule has 1 amide bonds. The van der Waals surface area contributed by atoms with Gasteiger partial charge in [-0.3, -0.25) is 19.7 Å². The van der Waals surface area contributed by atoms with Crippen molar-refractivity contribution in [2.24, 2.45) is 0 Å². The molecule has 1 fully saturated rings. The fraction of sp³-hybridized carbons (Fsp3) is 0.500. The SMILES string of the molecule is CCOC(=O)[C@H](CCc1c[nH]c2ccccc12)NC1CCCCN(CC(=O)O)C1=O. The van der Waals surface area contributed by atoms with Crippen molar-refractivity contribution in [1.82, 2.24) is 15.2 Å². The van der Waals surface area contributed by atoms with Gasteiger partial charge in [0, 0.05) is 23.6 Å². The van der Waals surface area contributed by atoms with Crippen LogP contribution in [-0.4, -0.2) is 64.6 Å². The Morgan fingerprint density at radius 1 is 1.33 bits per heavy atom. The van der Waals surface area contributed by atoms with Gasteiger partial charge < -0.3 is 19.7 Å². The number of rotatable bonds is 9. The van der Waals surface area contributed by atoms with Crippen LogP contribution in [-0.2, 0) is 25.5 Å². The van der Waals surface area contributed by atoms with Gasteiger partial charge in [0.1, 0.15) is 12.6 Å². The number of carboxylic acids is 1. The average molecular weight is 415 g/mol. The second-order valence-corrected chi connectivity index (χ2v) is 7.57. The van der Waals surface area contributed by atoms with Crippen molar-refractivity contribution < 1.29 is 24.2 Å². The topological polar surface area (TPSA) is 112 Å². The van der Waals surface area contributed by atoms with E-state index in [1.165, 1.54) is 4.90 Å². The number of carbonyl (C=O) groups excluding carboxylic acids is 2. The molecule has 0 saturated carbocycles. The molecule has 1 aromatic carbocycles. The van der Waals surface area contributed by atoms with Crippen LogP contribution in [0.3, 0.4) is 0 Å². The second kappa shape index (κ2) is 10.2. The highest BCUT2D eigenvalue weighted by Gasteiger charge is 2.32. The molecule has 0 spiro atoms. The fourth-order valence-electron chi connectivity index (χ4n) is 3.97. The number of carboxylic acid groups (broad SMARTS) is 1. The molecule has 2 aromatic rings. The van der Waals surface area contributed by atoms with Gasteiger partial charge in [0.15, 0.2) is 0 Å². The minimum Gasteiger partial charge on any atom is -0.480 e. The van der Waals surface area contributed by atoms with Gasteiger partial charge in [-0.1, -0.05) is 18.2 Å². The van der Waals surface area contributed by atoms with E-state index < -0.39 is 18.1 Å². The Kier molecular flexibility index (Phi) is 7.46. The van der Waals surface area contributed by atoms with Gasteiger partial charge in [0.2, 0.25) is 5.91 Å². The van der Waals surface area contributed by atoms with Gasteiger partial charge in [-0.15, -0.1) is 0 Å². The summed E-state index contributed by atoms with van der Waals surface area (Å²) in [6.07, 6.45) is 5.16. The highest BCUT2D eigenvalue weighted by atomic mass is 16.5. The van der Waals surface area contributed by atoms with Gasteiger partial charge in [0.25, 0.3) is 0 Å². The number of likely N-dealkylation sites (tertiary alicyclic amines) is 1. The van der Waals surface area contributed by atoms with Crippen molar-refractivity contribution in [2.75, 3.05) is 19.7 Å². The van der Waals surface area contributed by atoms with E-state index in [1.54, 1.807) is 6.92 Å². The van der Waals surface area contributed by atoms with Crippen molar-refractivity contribution >= 4 is 28.7 Å². The van der Waals surface area contributed by atoms with Gasteiger partial charge in [-0.25, -0.2) is 0 Å². The molecule has 162 valence electrons. The molecule has 8 nitrogen and oxygen atoms in total. The van der Waals surface area contributed by atoms with E-state index in [9.17, 15) is 14.4 Å². The van der Waals surface area contributed by atoms with Gasteiger partial charge >= 0.3 is 11.9 Å². The van der Waals surface area contributed by atoms with Crippen LogP contribution in [0.25, 0.3) is 10.9 Å². The Morgan fingerprint density at radius 2 is 2.13 bits per heavy atom. The normalized spacial score (nSPS) is 18.2. The summed E-state index contributed by atoms with van der Waals surface area (Å²) >= 11 is 0. The van der Waals surface area contributed by atoms with Crippen LogP contribution in [0.5, 0.6) is 0 Å². The maximum atomic E-state index is 12.8. The molecule has 1 unspecified atom stereocenters. The van der Waals surface area contributed by atoms with E-state index in [1.807, 2.05) is 30.5 Å². The van der Waals surface area contributed by atoms with E-state index in [-0.39, 0.29) is 25.0 Å². The Balaban J connectivity index is 1.72. The van der Waals surface area contributed by atoms with Crippen LogP contribution in [0.1, 0.15) is 38.2 Å². The number of nitrogens with zero attached hydrogens (tertiary/aromatic N) is 1. The number of nitrogens with one attached hydrogen (secondary N) is 2. The van der Waals surface area contributed by atoms with Crippen LogP contribution in [0.2, 0.25) is 0 Å². The molecule has 3 rings (SSSR count). The van der Waals surface area contributed by atoms with Gasteiger partial charge in [0.05, 0.1) is 12.6 Å². The molecule has 30 heavy (non-hydrogen) atoms. The molecule has 3 N–H and O–H groups in total. The van der Waals surface area contributed by atoms with E-state index in [0.29, 0.717) is 25.8 Å².